The zero-order chi connectivity index (χ0) is 23.2. The highest BCUT2D eigenvalue weighted by atomic mass is 31.2. The van der Waals surface area contributed by atoms with Crippen LogP contribution in [0.2, 0.25) is 0 Å². The summed E-state index contributed by atoms with van der Waals surface area (Å²) in [6, 6.07) is 10.4. The quantitative estimate of drug-likeness (QED) is 0.506. The normalized spacial score (nSPS) is 14.1. The van der Waals surface area contributed by atoms with Crippen LogP contribution < -0.4 is 24.4 Å². The number of rotatable bonds is 11. The fourth-order valence-electron chi connectivity index (χ4n) is 3.12. The van der Waals surface area contributed by atoms with Crippen molar-refractivity contribution in [1.82, 2.24) is 0 Å². The maximum Gasteiger partial charge on any atom is 0.264 e. The Morgan fingerprint density at radius 2 is 1.52 bits per heavy atom. The number of ether oxygens (including phenoxy) is 3. The van der Waals surface area contributed by atoms with Gasteiger partial charge in [-0.25, -0.2) is 0 Å². The van der Waals surface area contributed by atoms with Crippen LogP contribution >= 0.6 is 7.37 Å². The summed E-state index contributed by atoms with van der Waals surface area (Å²) in [7, 11) is 4.66. The van der Waals surface area contributed by atoms with Gasteiger partial charge < -0.3 is 28.7 Å². The molecule has 0 radical (unpaired) electrons. The molecular formula is C23H34NO6P. The van der Waals surface area contributed by atoms with Crippen LogP contribution in [0.4, 0.5) is 5.69 Å². The first kappa shape index (κ1) is 25.1. The highest BCUT2D eigenvalue weighted by molar-refractivity contribution is 7.67. The summed E-state index contributed by atoms with van der Waals surface area (Å²) < 4.78 is 36.2. The maximum absolute atomic E-state index is 14.1. The van der Waals surface area contributed by atoms with Gasteiger partial charge in [-0.05, 0) is 54.3 Å². The van der Waals surface area contributed by atoms with Crippen molar-refractivity contribution >= 4 is 18.4 Å². The third-order valence-electron chi connectivity index (χ3n) is 5.01. The number of nitrogens with zero attached hydrogens (tertiary/aromatic N) is 1. The Hall–Kier alpha value is -2.21. The Labute approximate surface area is 185 Å². The van der Waals surface area contributed by atoms with Gasteiger partial charge >= 0.3 is 0 Å². The van der Waals surface area contributed by atoms with Crippen LogP contribution in [0.15, 0.2) is 36.4 Å². The van der Waals surface area contributed by atoms with Crippen LogP contribution in [0.1, 0.15) is 31.7 Å². The van der Waals surface area contributed by atoms with Crippen molar-refractivity contribution in [2.45, 2.75) is 26.1 Å². The van der Waals surface area contributed by atoms with E-state index in [1.165, 1.54) is 21.3 Å². The van der Waals surface area contributed by atoms with Gasteiger partial charge in [0.2, 0.25) is 5.75 Å². The van der Waals surface area contributed by atoms with E-state index in [-0.39, 0.29) is 6.61 Å². The molecule has 8 heteroatoms. The molecule has 0 aromatic heterocycles. The van der Waals surface area contributed by atoms with Gasteiger partial charge in [0.1, 0.15) is 0 Å². The first-order chi connectivity index (χ1) is 14.7. The fourth-order valence-corrected chi connectivity index (χ4v) is 5.17. The third kappa shape index (κ3) is 5.73. The summed E-state index contributed by atoms with van der Waals surface area (Å²) in [5, 5.41) is 11.7. The molecule has 0 unspecified atom stereocenters. The van der Waals surface area contributed by atoms with Crippen LogP contribution in [0.3, 0.4) is 0 Å². The van der Waals surface area contributed by atoms with Crippen LogP contribution in [-0.4, -0.2) is 47.1 Å². The molecule has 0 saturated heterocycles. The molecule has 2 rings (SSSR count). The molecule has 0 aliphatic carbocycles. The molecule has 0 spiro atoms. The van der Waals surface area contributed by atoms with Gasteiger partial charge in [0.05, 0.1) is 27.9 Å². The second kappa shape index (κ2) is 10.9. The lowest BCUT2D eigenvalue weighted by atomic mass is 10.2. The average Bonchev–Trinajstić information content (AvgIpc) is 2.76. The number of benzene rings is 2. The van der Waals surface area contributed by atoms with Crippen LogP contribution in [0.25, 0.3) is 0 Å². The van der Waals surface area contributed by atoms with Gasteiger partial charge in [-0.1, -0.05) is 13.8 Å². The zero-order valence-electron chi connectivity index (χ0n) is 19.4. The third-order valence-corrected chi connectivity index (χ3v) is 7.54. The smallest absolute Gasteiger partial charge is 0.264 e. The van der Waals surface area contributed by atoms with Gasteiger partial charge in [-0.3, -0.25) is 4.57 Å². The van der Waals surface area contributed by atoms with E-state index in [9.17, 15) is 9.67 Å². The zero-order valence-corrected chi connectivity index (χ0v) is 20.3. The number of aliphatic hydroxyl groups is 1. The average molecular weight is 452 g/mol. The van der Waals surface area contributed by atoms with E-state index in [4.69, 9.17) is 18.7 Å². The van der Waals surface area contributed by atoms with E-state index in [0.717, 1.165) is 12.1 Å². The Morgan fingerprint density at radius 1 is 0.968 bits per heavy atom. The van der Waals surface area contributed by atoms with E-state index in [1.54, 1.807) is 24.3 Å². The summed E-state index contributed by atoms with van der Waals surface area (Å²) in [5.41, 5.74) is 1.32. The van der Waals surface area contributed by atoms with Crippen molar-refractivity contribution in [3.05, 3.63) is 42.0 Å². The van der Waals surface area contributed by atoms with E-state index < -0.39 is 13.2 Å². The molecule has 0 aliphatic heterocycles. The molecule has 0 bridgehead atoms. The number of hydrogen-bond donors (Lipinski definition) is 1. The fraction of sp³-hybridized carbons (Fsp3) is 0.478. The van der Waals surface area contributed by atoms with Crippen LogP contribution in [-0.2, 0) is 9.09 Å². The summed E-state index contributed by atoms with van der Waals surface area (Å²) >= 11 is 0. The predicted octanol–water partition coefficient (Wildman–Crippen LogP) is 4.44. The molecule has 0 saturated carbocycles. The van der Waals surface area contributed by atoms with E-state index >= 15 is 0 Å². The predicted molar refractivity (Wildman–Crippen MR) is 124 cm³/mol. The van der Waals surface area contributed by atoms with Gasteiger partial charge in [-0.15, -0.1) is 0 Å². The van der Waals surface area contributed by atoms with Gasteiger partial charge in [0.25, 0.3) is 7.37 Å². The monoisotopic (exact) mass is 451 g/mol. The minimum absolute atomic E-state index is 0.270. The van der Waals surface area contributed by atoms with Crippen LogP contribution in [0.5, 0.6) is 17.2 Å². The Morgan fingerprint density at radius 3 is 1.94 bits per heavy atom. The number of aliphatic hydroxyl groups excluding tert-OH is 1. The molecule has 1 N–H and O–H groups in total. The van der Waals surface area contributed by atoms with Gasteiger partial charge in [0.15, 0.2) is 17.3 Å². The SMILES string of the molecule is COc1cc([C@H](O)[P@](=O)(OCCC(C)C)c2ccc(N(C)C)cc2)cc(OC)c1OC. The molecule has 7 nitrogen and oxygen atoms in total. The lowest BCUT2D eigenvalue weighted by Gasteiger charge is -2.26. The van der Waals surface area contributed by atoms with Gasteiger partial charge in [-0.2, -0.15) is 0 Å². The van der Waals surface area contributed by atoms with E-state index in [2.05, 4.69) is 13.8 Å². The molecule has 172 valence electrons. The molecule has 0 aliphatic rings. The topological polar surface area (TPSA) is 77.5 Å². The van der Waals surface area contributed by atoms with E-state index in [0.29, 0.717) is 34.0 Å². The largest absolute Gasteiger partial charge is 0.493 e. The molecule has 2 aromatic rings. The first-order valence-corrected chi connectivity index (χ1v) is 11.9. The summed E-state index contributed by atoms with van der Waals surface area (Å²) in [4.78, 5) is 1.95. The minimum Gasteiger partial charge on any atom is -0.493 e. The lowest BCUT2D eigenvalue weighted by molar-refractivity contribution is 0.208. The molecule has 0 amide bonds. The first-order valence-electron chi connectivity index (χ1n) is 10.2. The molecule has 0 fully saturated rings. The maximum atomic E-state index is 14.1. The second-order valence-electron chi connectivity index (χ2n) is 7.86. The Kier molecular flexibility index (Phi) is 8.80. The summed E-state index contributed by atoms with van der Waals surface area (Å²) in [5.74, 6) is 0.105. The van der Waals surface area contributed by atoms with Crippen molar-refractivity contribution in [3.63, 3.8) is 0 Å². The minimum atomic E-state index is -3.69. The molecule has 2 atom stereocenters. The summed E-state index contributed by atoms with van der Waals surface area (Å²) in [6.45, 7) is 4.40. The van der Waals surface area contributed by atoms with Crippen molar-refractivity contribution in [1.29, 1.82) is 0 Å². The number of methoxy groups -OCH3 is 3. The number of hydrogen-bond acceptors (Lipinski definition) is 7. The molecule has 31 heavy (non-hydrogen) atoms. The molecule has 2 aromatic carbocycles. The lowest BCUT2D eigenvalue weighted by Crippen LogP contribution is -2.17. The Balaban J connectivity index is 2.54. The highest BCUT2D eigenvalue weighted by Gasteiger charge is 2.37. The molecular weight excluding hydrogens is 417 g/mol. The molecule has 0 heterocycles. The highest BCUT2D eigenvalue weighted by Crippen LogP contribution is 2.59. The van der Waals surface area contributed by atoms with Crippen LogP contribution in [0, 0.1) is 5.92 Å². The van der Waals surface area contributed by atoms with E-state index in [1.807, 2.05) is 31.1 Å². The van der Waals surface area contributed by atoms with Crippen molar-refractivity contribution < 1.29 is 28.4 Å². The number of anilines is 1. The van der Waals surface area contributed by atoms with Crippen molar-refractivity contribution in [3.8, 4) is 17.2 Å². The summed E-state index contributed by atoms with van der Waals surface area (Å²) in [6.07, 6.45) is 0.724. The second-order valence-corrected chi connectivity index (χ2v) is 10.3. The van der Waals surface area contributed by atoms with Gasteiger partial charge in [0, 0.05) is 25.1 Å². The van der Waals surface area contributed by atoms with Crippen molar-refractivity contribution in [2.75, 3.05) is 46.9 Å². The standard InChI is InChI=1S/C23H34NO6P/c1-16(2)12-13-30-31(26,19-10-8-18(9-11-19)24(3)4)23(25)17-14-20(27-5)22(29-7)21(15-17)28-6/h8-11,14-16,23,25H,12-13H2,1-7H3/t23-,31-/m1/s1. The van der Waals surface area contributed by atoms with Crippen molar-refractivity contribution in [2.24, 2.45) is 5.92 Å². The Bertz CT molecular complexity index is 872.